The Hall–Kier alpha value is -5.17. The Morgan fingerprint density at radius 3 is 1.67 bits per heavy atom. The largest absolute Gasteiger partial charge is 0.682 e. The Bertz CT molecular complexity index is 2230. The first-order valence-electron chi connectivity index (χ1n) is 21.2. The van der Waals surface area contributed by atoms with Gasteiger partial charge in [0.15, 0.2) is 0 Å². The standard InChI is InChI=1S/C45H62N6O12.Co/c1-21-36-24(10-13-32(56)57)41(3,4)28(49-36)18-27-23(9-12-31(54)55)43(6,19-29(46)52)39(48-27)22(2)37-25(11-14-33(58)59)44(7,20-30(47)53)45(8,51-37)40-26(17-35(62)63)42(5,38(21)50-40)16-15-34(60)61;/h18,23-26,40H,9-17,19-20H2,1-8H3,(H10,46,47,48,49,50,51,52,53,54,55,56,57,58,59,60,61,62,63);/p-6/t23-,24-,25-,26+,40-,42-,43+,44+,45+;/m1./s1. The summed E-state index contributed by atoms with van der Waals surface area (Å²) in [4.78, 5) is 103. The number of amides is 2. The number of primary amides is 2. The van der Waals surface area contributed by atoms with Crippen LogP contribution in [0.15, 0.2) is 49.3 Å². The van der Waals surface area contributed by atoms with Crippen LogP contribution in [0.1, 0.15) is 126 Å². The van der Waals surface area contributed by atoms with Crippen molar-refractivity contribution in [1.82, 2.24) is 0 Å². The van der Waals surface area contributed by atoms with Crippen LogP contribution in [-0.2, 0) is 50.3 Å². The summed E-state index contributed by atoms with van der Waals surface area (Å²) in [5.41, 5.74) is 7.88. The van der Waals surface area contributed by atoms with Crippen molar-refractivity contribution in [2.45, 2.75) is 138 Å². The fraction of sp³-hybridized carbons (Fsp3) is 0.644. The van der Waals surface area contributed by atoms with E-state index in [2.05, 4.69) is 0 Å². The van der Waals surface area contributed by atoms with Crippen molar-refractivity contribution in [2.75, 3.05) is 0 Å². The summed E-state index contributed by atoms with van der Waals surface area (Å²) < 4.78 is 0. The third kappa shape index (κ3) is 9.06. The summed E-state index contributed by atoms with van der Waals surface area (Å²) in [6.45, 7) is 13.8. The second-order valence-electron chi connectivity index (χ2n) is 19.4. The molecule has 9 atom stereocenters. The predicted molar refractivity (Wildman–Crippen MR) is 218 cm³/mol. The zero-order valence-electron chi connectivity index (χ0n) is 37.4. The summed E-state index contributed by atoms with van der Waals surface area (Å²) in [6, 6.07) is -1.18. The predicted octanol–water partition coefficient (Wildman–Crippen LogP) is -1.17. The number of hydrogen-bond donors (Lipinski definition) is 2. The number of aliphatic carboxylic acids is 5. The molecule has 5 aliphatic heterocycles. The van der Waals surface area contributed by atoms with Gasteiger partial charge < -0.3 is 66.3 Å². The van der Waals surface area contributed by atoms with Crippen molar-refractivity contribution in [1.29, 1.82) is 0 Å². The quantitative estimate of drug-likeness (QED) is 0.164. The summed E-state index contributed by atoms with van der Waals surface area (Å²) in [5.74, 6) is -12.0. The van der Waals surface area contributed by atoms with Crippen LogP contribution in [-0.4, -0.2) is 70.4 Å². The molecule has 0 aromatic carbocycles. The number of hydrogen-bond acceptors (Lipinski definition) is 15. The zero-order chi connectivity index (χ0) is 47.4. The molecule has 1 fully saturated rings. The smallest absolute Gasteiger partial charge is 0.218 e. The van der Waals surface area contributed by atoms with Crippen LogP contribution in [0.25, 0.3) is 5.32 Å². The first-order chi connectivity index (χ1) is 29.0. The van der Waals surface area contributed by atoms with Crippen molar-refractivity contribution < 1.29 is 75.9 Å². The van der Waals surface area contributed by atoms with E-state index in [1.54, 1.807) is 47.6 Å². The van der Waals surface area contributed by atoms with Crippen molar-refractivity contribution in [2.24, 2.45) is 71.8 Å². The molecule has 5 heterocycles. The van der Waals surface area contributed by atoms with Crippen molar-refractivity contribution in [3.8, 4) is 0 Å². The normalized spacial score (nSPS) is 35.6. The molecule has 4 N–H and O–H groups in total. The second-order valence-corrected chi connectivity index (χ2v) is 19.4. The Morgan fingerprint density at radius 1 is 0.656 bits per heavy atom. The van der Waals surface area contributed by atoms with Gasteiger partial charge in [0.25, 0.3) is 0 Å². The maximum absolute atomic E-state index is 13.3. The van der Waals surface area contributed by atoms with Gasteiger partial charge in [-0.15, -0.1) is 0 Å². The van der Waals surface area contributed by atoms with E-state index in [9.17, 15) is 59.1 Å². The minimum Gasteiger partial charge on any atom is -0.682 e. The molecule has 1 saturated heterocycles. The Balaban J connectivity index is 0.00000898. The SMILES string of the molecule is C/C1=C2/[N-][C@H]([C@H](CC(=O)[O-])[C@@]2(C)CCC(=O)[O-])[C@]2(C)N=C(/C(C)=C3N=C(/C=C4N=C1[C@@H](CCC(=O)[O-])C\4(C)C)[C@@H](CCC(=O)[O-])[C@]\3(C)CC(N)=O)[C@@H](CCC(=O)[O-])[C@]2(C)CC(N)=O.[Co]. The van der Waals surface area contributed by atoms with E-state index in [1.807, 2.05) is 13.8 Å². The van der Waals surface area contributed by atoms with E-state index in [4.69, 9.17) is 31.8 Å². The van der Waals surface area contributed by atoms with Crippen LogP contribution in [0.5, 0.6) is 0 Å². The number of carbonyl (C=O) groups is 7. The third-order valence-electron chi connectivity index (χ3n) is 15.2. The number of fused-ring (bicyclic) bond motifs is 6. The molecule has 0 spiro atoms. The number of allylic oxidation sites excluding steroid dienone is 6. The molecule has 8 bridgehead atoms. The number of nitrogens with two attached hydrogens (primary N) is 2. The van der Waals surface area contributed by atoms with E-state index in [-0.39, 0.29) is 72.4 Å². The van der Waals surface area contributed by atoms with Gasteiger partial charge in [0.1, 0.15) is 0 Å². The molecule has 64 heavy (non-hydrogen) atoms. The van der Waals surface area contributed by atoms with Crippen molar-refractivity contribution in [3.63, 3.8) is 0 Å². The molecule has 5 rings (SSSR count). The number of carbonyl (C=O) groups excluding carboxylic acids is 7. The number of aliphatic imine (C=N–C) groups is 3. The van der Waals surface area contributed by atoms with Crippen LogP contribution in [0, 0.1) is 45.3 Å². The summed E-state index contributed by atoms with van der Waals surface area (Å²) in [7, 11) is 0. The van der Waals surface area contributed by atoms with E-state index >= 15 is 0 Å². The van der Waals surface area contributed by atoms with E-state index in [0.29, 0.717) is 28.3 Å². The van der Waals surface area contributed by atoms with Gasteiger partial charge in [-0.2, -0.15) is 5.70 Å². The molecule has 1 radical (unpaired) electrons. The monoisotopic (exact) mass is 931 g/mol. The van der Waals surface area contributed by atoms with Gasteiger partial charge in [0, 0.05) is 116 Å². The topological polar surface area (TPSA) is 338 Å². The van der Waals surface area contributed by atoms with Gasteiger partial charge in [-0.3, -0.25) is 24.6 Å². The number of nitrogens with zero attached hydrogens (tertiary/aromatic N) is 4. The molecule has 18 nitrogen and oxygen atoms in total. The van der Waals surface area contributed by atoms with Crippen LogP contribution < -0.4 is 37.0 Å². The second kappa shape index (κ2) is 18.4. The van der Waals surface area contributed by atoms with Crippen LogP contribution in [0.3, 0.4) is 0 Å². The Morgan fingerprint density at radius 2 is 1.17 bits per heavy atom. The van der Waals surface area contributed by atoms with Gasteiger partial charge in [0.05, 0.1) is 11.2 Å². The van der Waals surface area contributed by atoms with Gasteiger partial charge in [-0.1, -0.05) is 40.7 Å². The Labute approximate surface area is 382 Å². The molecule has 0 aromatic heterocycles. The van der Waals surface area contributed by atoms with E-state index in [0.717, 1.165) is 0 Å². The molecular formula is C45H56CoN6O12-6. The van der Waals surface area contributed by atoms with Crippen molar-refractivity contribution in [3.05, 3.63) is 39.6 Å². The minimum atomic E-state index is -1.62. The molecule has 19 heteroatoms. The molecular weight excluding hydrogens is 875 g/mol. The number of carboxylic acids is 5. The van der Waals surface area contributed by atoms with Gasteiger partial charge in [0.2, 0.25) is 11.8 Å². The van der Waals surface area contributed by atoms with Gasteiger partial charge >= 0.3 is 0 Å². The molecule has 0 unspecified atom stereocenters. The third-order valence-corrected chi connectivity index (χ3v) is 15.2. The van der Waals surface area contributed by atoms with Crippen molar-refractivity contribution >= 4 is 58.8 Å². The fourth-order valence-electron chi connectivity index (χ4n) is 11.7. The molecule has 2 amide bonds. The molecule has 5 aliphatic rings. The first kappa shape index (κ1) is 51.5. The summed E-state index contributed by atoms with van der Waals surface area (Å²) in [6.07, 6.45) is -1.96. The average molecular weight is 932 g/mol. The van der Waals surface area contributed by atoms with Crippen LogP contribution in [0.4, 0.5) is 0 Å². The molecule has 0 aliphatic carbocycles. The maximum Gasteiger partial charge on any atom is 0.218 e. The molecule has 0 aromatic rings. The zero-order valence-corrected chi connectivity index (χ0v) is 38.5. The van der Waals surface area contributed by atoms with E-state index in [1.165, 1.54) is 0 Å². The first-order valence-corrected chi connectivity index (χ1v) is 21.2. The van der Waals surface area contributed by atoms with E-state index < -0.39 is 131 Å². The molecule has 0 saturated carbocycles. The minimum absolute atomic E-state index is 0. The molecule has 353 valence electrons. The van der Waals surface area contributed by atoms with Gasteiger partial charge in [-0.25, -0.2) is 0 Å². The maximum atomic E-state index is 13.3. The number of carboxylic acid groups (broad SMARTS) is 5. The van der Waals surface area contributed by atoms with Gasteiger partial charge in [-0.05, 0) is 107 Å². The Kier molecular flexibility index (Phi) is 14.8. The summed E-state index contributed by atoms with van der Waals surface area (Å²) in [5, 5.41) is 66.6. The summed E-state index contributed by atoms with van der Waals surface area (Å²) >= 11 is 0. The average Bonchev–Trinajstić information content (AvgIpc) is 3.75. The number of rotatable bonds is 18. The fourth-order valence-corrected chi connectivity index (χ4v) is 11.7. The van der Waals surface area contributed by atoms with Crippen LogP contribution in [0.2, 0.25) is 0 Å². The van der Waals surface area contributed by atoms with Crippen LogP contribution >= 0.6 is 0 Å².